The highest BCUT2D eigenvalue weighted by Gasteiger charge is 2.32. The summed E-state index contributed by atoms with van der Waals surface area (Å²) in [5.41, 5.74) is 1.97. The molecule has 76 valence electrons. The van der Waals surface area contributed by atoms with Gasteiger partial charge in [-0.1, -0.05) is 37.3 Å². The van der Waals surface area contributed by atoms with Gasteiger partial charge < -0.3 is 0 Å². The molecule has 0 spiro atoms. The Morgan fingerprint density at radius 3 is 2.43 bits per heavy atom. The molecule has 0 bridgehead atoms. The molecule has 0 aliphatic rings. The van der Waals surface area contributed by atoms with E-state index in [1.54, 1.807) is 5.48 Å². The molecule has 0 aliphatic carbocycles. The summed E-state index contributed by atoms with van der Waals surface area (Å²) in [5.74, 6) is -0.369. The van der Waals surface area contributed by atoms with E-state index in [4.69, 9.17) is 5.21 Å². The van der Waals surface area contributed by atoms with Crippen LogP contribution in [0.25, 0.3) is 0 Å². The van der Waals surface area contributed by atoms with E-state index >= 15 is 0 Å². The summed E-state index contributed by atoms with van der Waals surface area (Å²) in [5, 5.41) is 8.66. The van der Waals surface area contributed by atoms with Crippen molar-refractivity contribution in [3.8, 4) is 0 Å². The molecule has 1 aromatic carbocycles. The van der Waals surface area contributed by atoms with Crippen molar-refractivity contribution < 1.29 is 10.0 Å². The Balaban J connectivity index is 3.08. The summed E-state index contributed by atoms with van der Waals surface area (Å²) in [6.45, 7) is 3.73. The molecule has 0 aliphatic heterocycles. The summed E-state index contributed by atoms with van der Waals surface area (Å²) < 4.78 is 0. The molecular formula is C11H15NO2. The van der Waals surface area contributed by atoms with Crippen LogP contribution in [0.2, 0.25) is 0 Å². The van der Waals surface area contributed by atoms with Gasteiger partial charge in [0.2, 0.25) is 0 Å². The minimum Gasteiger partial charge on any atom is -0.289 e. The number of carbonyl (C=O) groups is 1. The van der Waals surface area contributed by atoms with Gasteiger partial charge in [0, 0.05) is 0 Å². The predicted octanol–water partition coefficient (Wildman–Crippen LogP) is 1.86. The first-order valence-corrected chi connectivity index (χ1v) is 4.65. The lowest BCUT2D eigenvalue weighted by Crippen LogP contribution is -2.40. The van der Waals surface area contributed by atoms with Crippen molar-refractivity contribution in [2.45, 2.75) is 25.7 Å². The van der Waals surface area contributed by atoms with Crippen LogP contribution in [0, 0.1) is 0 Å². The maximum absolute atomic E-state index is 11.5. The molecule has 1 amide bonds. The molecule has 1 atom stereocenters. The molecule has 1 aromatic rings. The molecule has 3 heteroatoms. The lowest BCUT2D eigenvalue weighted by atomic mass is 9.79. The highest BCUT2D eigenvalue weighted by atomic mass is 16.5. The summed E-state index contributed by atoms with van der Waals surface area (Å²) in [7, 11) is 0. The molecular weight excluding hydrogens is 178 g/mol. The van der Waals surface area contributed by atoms with Crippen molar-refractivity contribution in [3.05, 3.63) is 35.9 Å². The second kappa shape index (κ2) is 4.24. The van der Waals surface area contributed by atoms with E-state index in [1.165, 1.54) is 0 Å². The Morgan fingerprint density at radius 1 is 1.43 bits per heavy atom. The summed E-state index contributed by atoms with van der Waals surface area (Å²) in [4.78, 5) is 11.5. The number of hydrogen-bond donors (Lipinski definition) is 2. The van der Waals surface area contributed by atoms with Gasteiger partial charge in [-0.3, -0.25) is 10.0 Å². The summed E-state index contributed by atoms with van der Waals surface area (Å²) >= 11 is 0. The zero-order valence-corrected chi connectivity index (χ0v) is 8.45. The lowest BCUT2D eigenvalue weighted by molar-refractivity contribution is -0.134. The average molecular weight is 193 g/mol. The number of hydrogen-bond acceptors (Lipinski definition) is 2. The molecule has 3 nitrogen and oxygen atoms in total. The van der Waals surface area contributed by atoms with Gasteiger partial charge in [-0.15, -0.1) is 0 Å². The van der Waals surface area contributed by atoms with E-state index in [0.717, 1.165) is 5.56 Å². The molecule has 0 fully saturated rings. The van der Waals surface area contributed by atoms with E-state index in [1.807, 2.05) is 44.2 Å². The van der Waals surface area contributed by atoms with Crippen LogP contribution in [-0.4, -0.2) is 11.1 Å². The molecule has 2 N–H and O–H groups in total. The van der Waals surface area contributed by atoms with E-state index in [2.05, 4.69) is 0 Å². The fraction of sp³-hybridized carbons (Fsp3) is 0.364. The molecule has 0 radical (unpaired) electrons. The van der Waals surface area contributed by atoms with Gasteiger partial charge >= 0.3 is 0 Å². The number of benzene rings is 1. The Bertz CT molecular complexity index is 310. The molecule has 0 saturated heterocycles. The minimum absolute atomic E-state index is 0.369. The van der Waals surface area contributed by atoms with Crippen LogP contribution >= 0.6 is 0 Å². The third kappa shape index (κ3) is 1.77. The minimum atomic E-state index is -0.657. The quantitative estimate of drug-likeness (QED) is 0.568. The number of rotatable bonds is 3. The van der Waals surface area contributed by atoms with Crippen molar-refractivity contribution in [3.63, 3.8) is 0 Å². The van der Waals surface area contributed by atoms with Gasteiger partial charge in [-0.05, 0) is 18.9 Å². The lowest BCUT2D eigenvalue weighted by Gasteiger charge is -2.25. The van der Waals surface area contributed by atoms with Crippen LogP contribution in [0.15, 0.2) is 30.3 Å². The monoisotopic (exact) mass is 193 g/mol. The Labute approximate surface area is 83.7 Å². The number of nitrogens with one attached hydrogen (secondary N) is 1. The third-order valence-electron chi connectivity index (χ3n) is 2.72. The standard InChI is InChI=1S/C11H15NO2/c1-3-11(2,10(13)12-14)9-7-5-4-6-8-9/h4-8,14H,3H2,1-2H3,(H,12,13)/t11-/m0/s1. The Hall–Kier alpha value is -1.35. The number of hydroxylamine groups is 1. The van der Waals surface area contributed by atoms with Crippen molar-refractivity contribution in [1.29, 1.82) is 0 Å². The van der Waals surface area contributed by atoms with Crippen molar-refractivity contribution in [1.82, 2.24) is 5.48 Å². The van der Waals surface area contributed by atoms with Gasteiger partial charge in [0.15, 0.2) is 0 Å². The Morgan fingerprint density at radius 2 is 2.00 bits per heavy atom. The fourth-order valence-electron chi connectivity index (χ4n) is 1.43. The van der Waals surface area contributed by atoms with Crippen molar-refractivity contribution in [2.24, 2.45) is 0 Å². The zero-order chi connectivity index (χ0) is 10.6. The second-order valence-corrected chi connectivity index (χ2v) is 3.49. The van der Waals surface area contributed by atoms with Gasteiger partial charge in [-0.2, -0.15) is 0 Å². The summed E-state index contributed by atoms with van der Waals surface area (Å²) in [6.07, 6.45) is 0.642. The predicted molar refractivity (Wildman–Crippen MR) is 54.0 cm³/mol. The summed E-state index contributed by atoms with van der Waals surface area (Å²) in [6, 6.07) is 9.44. The first kappa shape index (κ1) is 10.7. The fourth-order valence-corrected chi connectivity index (χ4v) is 1.43. The van der Waals surface area contributed by atoms with Gasteiger partial charge in [0.25, 0.3) is 5.91 Å². The van der Waals surface area contributed by atoms with Crippen LogP contribution in [0.3, 0.4) is 0 Å². The molecule has 0 saturated carbocycles. The smallest absolute Gasteiger partial charge is 0.253 e. The number of carbonyl (C=O) groups excluding carboxylic acids is 1. The van der Waals surface area contributed by atoms with Gasteiger partial charge in [0.1, 0.15) is 0 Å². The van der Waals surface area contributed by atoms with E-state index in [0.29, 0.717) is 6.42 Å². The topological polar surface area (TPSA) is 49.3 Å². The molecule has 0 aromatic heterocycles. The molecule has 14 heavy (non-hydrogen) atoms. The van der Waals surface area contributed by atoms with Gasteiger partial charge in [-0.25, -0.2) is 5.48 Å². The van der Waals surface area contributed by atoms with Crippen LogP contribution < -0.4 is 5.48 Å². The first-order valence-electron chi connectivity index (χ1n) is 4.65. The maximum Gasteiger partial charge on any atom is 0.253 e. The van der Waals surface area contributed by atoms with E-state index in [9.17, 15) is 4.79 Å². The average Bonchev–Trinajstić information content (AvgIpc) is 2.28. The first-order chi connectivity index (χ1) is 6.65. The highest BCUT2D eigenvalue weighted by Crippen LogP contribution is 2.27. The van der Waals surface area contributed by atoms with Crippen molar-refractivity contribution >= 4 is 5.91 Å². The zero-order valence-electron chi connectivity index (χ0n) is 8.45. The SMILES string of the molecule is CC[C@](C)(C(=O)NO)c1ccccc1. The van der Waals surface area contributed by atoms with Crippen LogP contribution in [0.1, 0.15) is 25.8 Å². The molecule has 1 rings (SSSR count). The highest BCUT2D eigenvalue weighted by molar-refractivity contribution is 5.86. The Kier molecular flexibility index (Phi) is 3.25. The van der Waals surface area contributed by atoms with Crippen LogP contribution in [0.4, 0.5) is 0 Å². The van der Waals surface area contributed by atoms with Crippen molar-refractivity contribution in [2.75, 3.05) is 0 Å². The third-order valence-corrected chi connectivity index (χ3v) is 2.72. The molecule has 0 unspecified atom stereocenters. The molecule has 0 heterocycles. The van der Waals surface area contributed by atoms with E-state index < -0.39 is 5.41 Å². The van der Waals surface area contributed by atoms with Crippen LogP contribution in [-0.2, 0) is 10.2 Å². The van der Waals surface area contributed by atoms with E-state index in [-0.39, 0.29) is 5.91 Å². The maximum atomic E-state index is 11.5. The van der Waals surface area contributed by atoms with Crippen LogP contribution in [0.5, 0.6) is 0 Å². The number of amides is 1. The second-order valence-electron chi connectivity index (χ2n) is 3.49. The normalized spacial score (nSPS) is 14.5. The largest absolute Gasteiger partial charge is 0.289 e. The van der Waals surface area contributed by atoms with Gasteiger partial charge in [0.05, 0.1) is 5.41 Å².